The lowest BCUT2D eigenvalue weighted by Gasteiger charge is -2.38. The van der Waals surface area contributed by atoms with Crippen molar-refractivity contribution < 1.29 is 9.90 Å². The predicted octanol–water partition coefficient (Wildman–Crippen LogP) is 3.75. The van der Waals surface area contributed by atoms with E-state index < -0.39 is 6.10 Å². The summed E-state index contributed by atoms with van der Waals surface area (Å²) in [7, 11) is 0. The summed E-state index contributed by atoms with van der Waals surface area (Å²) in [6.45, 7) is 9.34. The van der Waals surface area contributed by atoms with Crippen LogP contribution in [0, 0.1) is 0 Å². The Kier molecular flexibility index (Phi) is 7.43. The number of hydrogen-bond acceptors (Lipinski definition) is 6. The van der Waals surface area contributed by atoms with Crippen molar-refractivity contribution in [1.82, 2.24) is 20.2 Å². The van der Waals surface area contributed by atoms with Crippen molar-refractivity contribution in [3.63, 3.8) is 0 Å². The van der Waals surface area contributed by atoms with Gasteiger partial charge in [-0.05, 0) is 30.0 Å². The first-order chi connectivity index (χ1) is 15.8. The zero-order valence-electron chi connectivity index (χ0n) is 19.3. The number of benzene rings is 1. The van der Waals surface area contributed by atoms with Crippen LogP contribution in [0.25, 0.3) is 0 Å². The van der Waals surface area contributed by atoms with Crippen LogP contribution in [0.4, 0.5) is 5.82 Å². The maximum atomic E-state index is 13.6. The second-order valence-electron chi connectivity index (χ2n) is 9.25. The molecule has 1 aromatic heterocycles. The molecule has 9 heteroatoms. The molecule has 1 saturated heterocycles. The van der Waals surface area contributed by atoms with Gasteiger partial charge in [0.05, 0.1) is 27.8 Å². The Morgan fingerprint density at radius 2 is 1.91 bits per heavy atom. The Morgan fingerprint density at radius 1 is 1.18 bits per heavy atom. The van der Waals surface area contributed by atoms with E-state index in [9.17, 15) is 9.90 Å². The Hall–Kier alpha value is -1.93. The molecular weight excluding hydrogens is 461 g/mol. The van der Waals surface area contributed by atoms with E-state index in [-0.39, 0.29) is 23.8 Å². The number of carbonyl (C=O) groups is 1. The van der Waals surface area contributed by atoms with Crippen LogP contribution >= 0.6 is 23.2 Å². The topological polar surface area (TPSA) is 81.6 Å². The number of amides is 1. The summed E-state index contributed by atoms with van der Waals surface area (Å²) < 4.78 is 0. The quantitative estimate of drug-likeness (QED) is 0.640. The third-order valence-electron chi connectivity index (χ3n) is 6.54. The number of carbonyl (C=O) groups excluding carboxylic acids is 1. The highest BCUT2D eigenvalue weighted by atomic mass is 35.5. The molecule has 7 nitrogen and oxygen atoms in total. The smallest absolute Gasteiger partial charge is 0.231 e. The van der Waals surface area contributed by atoms with Gasteiger partial charge in [0, 0.05) is 44.3 Å². The maximum absolute atomic E-state index is 13.6. The van der Waals surface area contributed by atoms with Gasteiger partial charge >= 0.3 is 0 Å². The summed E-state index contributed by atoms with van der Waals surface area (Å²) in [5.74, 6) is 0.843. The van der Waals surface area contributed by atoms with E-state index in [1.807, 2.05) is 11.0 Å². The summed E-state index contributed by atoms with van der Waals surface area (Å²) in [5.41, 5.74) is 2.64. The molecule has 33 heavy (non-hydrogen) atoms. The number of piperazine rings is 1. The number of rotatable bonds is 6. The van der Waals surface area contributed by atoms with Crippen LogP contribution in [0.3, 0.4) is 0 Å². The number of aliphatic hydroxyl groups is 1. The first-order valence-electron chi connectivity index (χ1n) is 11.5. The molecule has 0 radical (unpaired) electrons. The predicted molar refractivity (Wildman–Crippen MR) is 131 cm³/mol. The molecular formula is C24H31Cl2N5O2. The molecule has 0 spiro atoms. The second-order valence-corrected chi connectivity index (χ2v) is 10.1. The molecule has 0 bridgehead atoms. The van der Waals surface area contributed by atoms with Gasteiger partial charge in [0.25, 0.3) is 0 Å². The summed E-state index contributed by atoms with van der Waals surface area (Å²) in [6, 6.07) is 5.68. The molecule has 1 amide bonds. The summed E-state index contributed by atoms with van der Waals surface area (Å²) in [6.07, 6.45) is 1.68. The van der Waals surface area contributed by atoms with Crippen molar-refractivity contribution in [3.8, 4) is 0 Å². The zero-order valence-corrected chi connectivity index (χ0v) is 20.8. The fourth-order valence-corrected chi connectivity index (χ4v) is 5.05. The molecule has 2 aromatic rings. The average molecular weight is 492 g/mol. The minimum absolute atomic E-state index is 0.0814. The Labute approximate surface area is 205 Å². The van der Waals surface area contributed by atoms with Crippen LogP contribution in [0.15, 0.2) is 24.5 Å². The van der Waals surface area contributed by atoms with Gasteiger partial charge in [-0.3, -0.25) is 4.79 Å². The van der Waals surface area contributed by atoms with Gasteiger partial charge in [-0.1, -0.05) is 50.0 Å². The standard InChI is InChI=1S/C24H31Cl2N5O2/c1-14(2)27-12-17(16-4-5-18(25)19(26)11-16)24(33)31-8-6-30(7-9-31)23-21-15(3)10-20(32)22(21)28-13-29-23/h4-5,11,13-15,17,20,27,32H,6-10,12H2,1-3H3/t15?,17-,20?/m1/s1. The highest BCUT2D eigenvalue weighted by Gasteiger charge is 2.35. The van der Waals surface area contributed by atoms with Gasteiger partial charge in [-0.25, -0.2) is 9.97 Å². The van der Waals surface area contributed by atoms with Crippen LogP contribution in [-0.4, -0.2) is 64.6 Å². The number of fused-ring (bicyclic) bond motifs is 1. The number of nitrogens with one attached hydrogen (secondary N) is 1. The molecule has 1 fully saturated rings. The SMILES string of the molecule is CC(C)NC[C@@H](C(=O)N1CCN(c2ncnc3c2C(C)CC3O)CC1)c1ccc(Cl)c(Cl)c1. The second kappa shape index (κ2) is 10.1. The van der Waals surface area contributed by atoms with Crippen molar-refractivity contribution in [2.24, 2.45) is 0 Å². The lowest BCUT2D eigenvalue weighted by atomic mass is 9.96. The molecule has 1 aliphatic carbocycles. The number of anilines is 1. The number of hydrogen-bond donors (Lipinski definition) is 2. The lowest BCUT2D eigenvalue weighted by molar-refractivity contribution is -0.133. The molecule has 2 N–H and O–H groups in total. The summed E-state index contributed by atoms with van der Waals surface area (Å²) >= 11 is 12.4. The van der Waals surface area contributed by atoms with Gasteiger partial charge in [0.1, 0.15) is 12.1 Å². The van der Waals surface area contributed by atoms with Crippen LogP contribution in [0.2, 0.25) is 10.0 Å². The minimum atomic E-state index is -0.528. The summed E-state index contributed by atoms with van der Waals surface area (Å²) in [4.78, 5) is 26.6. The minimum Gasteiger partial charge on any atom is -0.387 e. The first kappa shape index (κ1) is 24.2. The normalized spacial score (nSPS) is 21.4. The van der Waals surface area contributed by atoms with Gasteiger partial charge in [0.15, 0.2) is 0 Å². The molecule has 0 saturated carbocycles. The average Bonchev–Trinajstić information content (AvgIpc) is 3.09. The number of nitrogens with zero attached hydrogens (tertiary/aromatic N) is 4. The van der Waals surface area contributed by atoms with Crippen LogP contribution in [-0.2, 0) is 4.79 Å². The molecule has 1 aromatic carbocycles. The van der Waals surface area contributed by atoms with Crippen molar-refractivity contribution in [2.75, 3.05) is 37.6 Å². The number of halogens is 2. The maximum Gasteiger partial charge on any atom is 0.231 e. The Bertz CT molecular complexity index is 1010. The third-order valence-corrected chi connectivity index (χ3v) is 7.28. The van der Waals surface area contributed by atoms with Gasteiger partial charge in [-0.2, -0.15) is 0 Å². The van der Waals surface area contributed by atoms with E-state index in [0.717, 1.165) is 22.6 Å². The van der Waals surface area contributed by atoms with Crippen molar-refractivity contribution in [3.05, 3.63) is 51.4 Å². The molecule has 2 aliphatic rings. The molecule has 2 heterocycles. The Morgan fingerprint density at radius 3 is 2.58 bits per heavy atom. The fraction of sp³-hybridized carbons (Fsp3) is 0.542. The summed E-state index contributed by atoms with van der Waals surface area (Å²) in [5, 5.41) is 14.6. The third kappa shape index (κ3) is 5.11. The zero-order chi connectivity index (χ0) is 23.7. The molecule has 1 aliphatic heterocycles. The molecule has 4 rings (SSSR count). The first-order valence-corrected chi connectivity index (χ1v) is 12.3. The number of aliphatic hydroxyl groups excluding tert-OH is 1. The van der Waals surface area contributed by atoms with E-state index in [4.69, 9.17) is 23.2 Å². The van der Waals surface area contributed by atoms with Crippen molar-refractivity contribution in [2.45, 2.75) is 51.2 Å². The van der Waals surface area contributed by atoms with Crippen LogP contribution < -0.4 is 10.2 Å². The van der Waals surface area contributed by atoms with Crippen molar-refractivity contribution in [1.29, 1.82) is 0 Å². The van der Waals surface area contributed by atoms with Crippen molar-refractivity contribution >= 4 is 34.9 Å². The monoisotopic (exact) mass is 491 g/mol. The fourth-order valence-electron chi connectivity index (χ4n) is 4.74. The van der Waals surface area contributed by atoms with E-state index in [1.165, 1.54) is 6.33 Å². The Balaban J connectivity index is 1.49. The lowest BCUT2D eigenvalue weighted by Crippen LogP contribution is -2.51. The molecule has 3 atom stereocenters. The van der Waals surface area contributed by atoms with Gasteiger partial charge in [-0.15, -0.1) is 0 Å². The van der Waals surface area contributed by atoms with E-state index in [1.54, 1.807) is 12.1 Å². The van der Waals surface area contributed by atoms with E-state index in [2.05, 4.69) is 41.0 Å². The molecule has 178 valence electrons. The van der Waals surface area contributed by atoms with E-state index >= 15 is 0 Å². The van der Waals surface area contributed by atoms with Gasteiger partial charge < -0.3 is 20.2 Å². The highest BCUT2D eigenvalue weighted by molar-refractivity contribution is 6.42. The van der Waals surface area contributed by atoms with E-state index in [0.29, 0.717) is 49.2 Å². The van der Waals surface area contributed by atoms with Crippen LogP contribution in [0.5, 0.6) is 0 Å². The van der Waals surface area contributed by atoms with Gasteiger partial charge in [0.2, 0.25) is 5.91 Å². The highest BCUT2D eigenvalue weighted by Crippen LogP contribution is 2.42. The molecule has 2 unspecified atom stereocenters. The largest absolute Gasteiger partial charge is 0.387 e. The van der Waals surface area contributed by atoms with Crippen LogP contribution in [0.1, 0.15) is 62.0 Å². The number of aromatic nitrogens is 2.